The molecule has 0 saturated heterocycles. The van der Waals surface area contributed by atoms with Crippen molar-refractivity contribution in [2.45, 2.75) is 31.7 Å². The number of aromatic nitrogens is 1. The Morgan fingerprint density at radius 3 is 2.80 bits per heavy atom. The van der Waals surface area contributed by atoms with Crippen LogP contribution < -0.4 is 10.1 Å². The molecule has 0 aliphatic heterocycles. The number of aryl methyl sites for hydroxylation is 1. The number of hydrogen-bond donors (Lipinski definition) is 1. The van der Waals surface area contributed by atoms with E-state index in [4.69, 9.17) is 4.74 Å². The highest BCUT2D eigenvalue weighted by molar-refractivity contribution is 5.48. The predicted octanol–water partition coefficient (Wildman–Crippen LogP) is 3.76. The molecule has 0 atom stereocenters. The molecule has 3 nitrogen and oxygen atoms in total. The van der Waals surface area contributed by atoms with Crippen LogP contribution in [0.15, 0.2) is 42.6 Å². The quantitative estimate of drug-likeness (QED) is 0.916. The summed E-state index contributed by atoms with van der Waals surface area (Å²) in [6.45, 7) is 2.04. The molecule has 0 amide bonds. The Morgan fingerprint density at radius 1 is 1.20 bits per heavy atom. The van der Waals surface area contributed by atoms with Gasteiger partial charge in [0.15, 0.2) is 0 Å². The monoisotopic (exact) mass is 268 g/mol. The third-order valence-electron chi connectivity index (χ3n) is 4.07. The zero-order valence-corrected chi connectivity index (χ0v) is 12.0. The molecule has 1 aliphatic carbocycles. The SMILES string of the molecule is COc1cccc(C2CC(Nc3cccnc3C)C2)c1. The zero-order chi connectivity index (χ0) is 13.9. The van der Waals surface area contributed by atoms with Crippen molar-refractivity contribution in [2.24, 2.45) is 0 Å². The Hall–Kier alpha value is -2.03. The van der Waals surface area contributed by atoms with E-state index in [1.165, 1.54) is 18.4 Å². The number of benzene rings is 1. The van der Waals surface area contributed by atoms with Gasteiger partial charge in [-0.15, -0.1) is 0 Å². The van der Waals surface area contributed by atoms with Gasteiger partial charge in [0.1, 0.15) is 5.75 Å². The van der Waals surface area contributed by atoms with Crippen molar-refractivity contribution in [2.75, 3.05) is 12.4 Å². The van der Waals surface area contributed by atoms with Crippen LogP contribution >= 0.6 is 0 Å². The summed E-state index contributed by atoms with van der Waals surface area (Å²) in [4.78, 5) is 4.31. The van der Waals surface area contributed by atoms with Crippen molar-refractivity contribution in [1.82, 2.24) is 4.98 Å². The molecule has 0 bridgehead atoms. The smallest absolute Gasteiger partial charge is 0.119 e. The van der Waals surface area contributed by atoms with Crippen molar-refractivity contribution >= 4 is 5.69 Å². The fourth-order valence-electron chi connectivity index (χ4n) is 2.76. The molecular weight excluding hydrogens is 248 g/mol. The molecular formula is C17H20N2O. The molecule has 20 heavy (non-hydrogen) atoms. The maximum absolute atomic E-state index is 5.29. The first-order chi connectivity index (χ1) is 9.76. The Morgan fingerprint density at radius 2 is 2.05 bits per heavy atom. The summed E-state index contributed by atoms with van der Waals surface area (Å²) in [6, 6.07) is 13.0. The molecule has 1 N–H and O–H groups in total. The molecule has 1 heterocycles. The van der Waals surface area contributed by atoms with Crippen LogP contribution in [0.4, 0.5) is 5.69 Å². The van der Waals surface area contributed by atoms with Gasteiger partial charge in [-0.3, -0.25) is 4.98 Å². The number of methoxy groups -OCH3 is 1. The van der Waals surface area contributed by atoms with Crippen LogP contribution in [0, 0.1) is 6.92 Å². The van der Waals surface area contributed by atoms with Gasteiger partial charge in [-0.1, -0.05) is 12.1 Å². The Labute approximate surface area is 120 Å². The molecule has 104 valence electrons. The second-order valence-electron chi connectivity index (χ2n) is 5.42. The van der Waals surface area contributed by atoms with Gasteiger partial charge >= 0.3 is 0 Å². The lowest BCUT2D eigenvalue weighted by atomic mass is 9.75. The van der Waals surface area contributed by atoms with E-state index in [9.17, 15) is 0 Å². The van der Waals surface area contributed by atoms with Crippen LogP contribution in [0.5, 0.6) is 5.75 Å². The van der Waals surface area contributed by atoms with Crippen molar-refractivity contribution in [3.8, 4) is 5.75 Å². The number of nitrogens with zero attached hydrogens (tertiary/aromatic N) is 1. The molecule has 3 rings (SSSR count). The van der Waals surface area contributed by atoms with Gasteiger partial charge < -0.3 is 10.1 Å². The van der Waals surface area contributed by atoms with Crippen molar-refractivity contribution in [3.05, 3.63) is 53.9 Å². The number of pyridine rings is 1. The van der Waals surface area contributed by atoms with E-state index < -0.39 is 0 Å². The summed E-state index contributed by atoms with van der Waals surface area (Å²) < 4.78 is 5.29. The van der Waals surface area contributed by atoms with Gasteiger partial charge in [-0.05, 0) is 55.5 Å². The second-order valence-corrected chi connectivity index (χ2v) is 5.42. The van der Waals surface area contributed by atoms with E-state index >= 15 is 0 Å². The van der Waals surface area contributed by atoms with Crippen LogP contribution in [-0.4, -0.2) is 18.1 Å². The summed E-state index contributed by atoms with van der Waals surface area (Å²) in [7, 11) is 1.72. The first kappa shape index (κ1) is 13.0. The van der Waals surface area contributed by atoms with Gasteiger partial charge in [0.25, 0.3) is 0 Å². The minimum Gasteiger partial charge on any atom is -0.497 e. The van der Waals surface area contributed by atoms with Crippen LogP contribution in [0.25, 0.3) is 0 Å². The summed E-state index contributed by atoms with van der Waals surface area (Å²) >= 11 is 0. The van der Waals surface area contributed by atoms with Gasteiger partial charge in [-0.2, -0.15) is 0 Å². The normalized spacial score (nSPS) is 21.1. The number of anilines is 1. The van der Waals surface area contributed by atoms with Crippen LogP contribution in [0.1, 0.15) is 30.0 Å². The van der Waals surface area contributed by atoms with Gasteiger partial charge in [0.05, 0.1) is 18.5 Å². The maximum atomic E-state index is 5.29. The van der Waals surface area contributed by atoms with Crippen LogP contribution in [0.2, 0.25) is 0 Å². The fraction of sp³-hybridized carbons (Fsp3) is 0.353. The van der Waals surface area contributed by atoms with Crippen molar-refractivity contribution < 1.29 is 4.74 Å². The lowest BCUT2D eigenvalue weighted by molar-refractivity contribution is 0.370. The van der Waals surface area contributed by atoms with Crippen LogP contribution in [-0.2, 0) is 0 Å². The summed E-state index contributed by atoms with van der Waals surface area (Å²) in [5, 5.41) is 3.58. The average molecular weight is 268 g/mol. The number of ether oxygens (including phenoxy) is 1. The highest BCUT2D eigenvalue weighted by Gasteiger charge is 2.30. The van der Waals surface area contributed by atoms with E-state index in [0.717, 1.165) is 17.1 Å². The summed E-state index contributed by atoms with van der Waals surface area (Å²) in [5.74, 6) is 1.58. The Kier molecular flexibility index (Phi) is 3.59. The van der Waals surface area contributed by atoms with Gasteiger partial charge in [0, 0.05) is 12.2 Å². The molecule has 0 unspecified atom stereocenters. The predicted molar refractivity (Wildman–Crippen MR) is 81.4 cm³/mol. The summed E-state index contributed by atoms with van der Waals surface area (Å²) in [5.41, 5.74) is 3.60. The van der Waals surface area contributed by atoms with Gasteiger partial charge in [0.2, 0.25) is 0 Å². The lowest BCUT2D eigenvalue weighted by Crippen LogP contribution is -2.34. The molecule has 2 aromatic rings. The summed E-state index contributed by atoms with van der Waals surface area (Å²) in [6.07, 6.45) is 4.17. The van der Waals surface area contributed by atoms with Crippen LogP contribution in [0.3, 0.4) is 0 Å². The number of nitrogens with one attached hydrogen (secondary N) is 1. The minimum atomic E-state index is 0.550. The highest BCUT2D eigenvalue weighted by atomic mass is 16.5. The highest BCUT2D eigenvalue weighted by Crippen LogP contribution is 2.39. The van der Waals surface area contributed by atoms with E-state index in [1.807, 2.05) is 25.3 Å². The molecule has 1 fully saturated rings. The Bertz CT molecular complexity index is 591. The first-order valence-electron chi connectivity index (χ1n) is 7.08. The number of hydrogen-bond acceptors (Lipinski definition) is 3. The largest absolute Gasteiger partial charge is 0.497 e. The molecule has 0 radical (unpaired) electrons. The second kappa shape index (κ2) is 5.53. The minimum absolute atomic E-state index is 0.550. The van der Waals surface area contributed by atoms with E-state index in [1.54, 1.807) is 7.11 Å². The molecule has 0 spiro atoms. The van der Waals surface area contributed by atoms with Crippen molar-refractivity contribution in [1.29, 1.82) is 0 Å². The van der Waals surface area contributed by atoms with E-state index in [2.05, 4.69) is 34.6 Å². The fourth-order valence-corrected chi connectivity index (χ4v) is 2.76. The molecule has 1 saturated carbocycles. The van der Waals surface area contributed by atoms with E-state index in [0.29, 0.717) is 12.0 Å². The molecule has 1 aliphatic rings. The standard InChI is InChI=1S/C17H20N2O/c1-12-17(7-4-8-18-12)19-15-9-14(10-15)13-5-3-6-16(11-13)20-2/h3-8,11,14-15,19H,9-10H2,1-2H3. The van der Waals surface area contributed by atoms with Gasteiger partial charge in [-0.25, -0.2) is 0 Å². The lowest BCUT2D eigenvalue weighted by Gasteiger charge is -2.37. The van der Waals surface area contributed by atoms with Crippen molar-refractivity contribution in [3.63, 3.8) is 0 Å². The zero-order valence-electron chi connectivity index (χ0n) is 12.0. The molecule has 1 aromatic carbocycles. The maximum Gasteiger partial charge on any atom is 0.119 e. The average Bonchev–Trinajstić information content (AvgIpc) is 2.44. The number of rotatable bonds is 4. The third-order valence-corrected chi connectivity index (χ3v) is 4.07. The Balaban J connectivity index is 1.60. The van der Waals surface area contributed by atoms with E-state index in [-0.39, 0.29) is 0 Å². The first-order valence-corrected chi connectivity index (χ1v) is 7.08. The third kappa shape index (κ3) is 2.62. The molecule has 1 aromatic heterocycles. The molecule has 3 heteroatoms. The topological polar surface area (TPSA) is 34.1 Å².